The third kappa shape index (κ3) is 3.15. The van der Waals surface area contributed by atoms with Gasteiger partial charge in [0.2, 0.25) is 0 Å². The number of hydrazine groups is 1. The maximum atomic E-state index is 11.5. The van der Waals surface area contributed by atoms with Gasteiger partial charge in [-0.3, -0.25) is 10.2 Å². The quantitative estimate of drug-likeness (QED) is 0.264. The fraction of sp³-hybridized carbons (Fsp3) is 0.214. The summed E-state index contributed by atoms with van der Waals surface area (Å²) in [5, 5.41) is 0. The standard InChI is InChI=1S/C14H17N3O2S/c1-8-3-4-10(15)5-13(8)20-7-11-6-12(9(2)19-11)14(18)17-16/h3-6H,7,15-16H2,1-2H3,(H,17,18). The number of aryl methyl sites for hydroxylation is 2. The molecule has 0 spiro atoms. The SMILES string of the molecule is Cc1ccc(N)cc1SCc1cc(C(=O)NN)c(C)o1. The van der Waals surface area contributed by atoms with E-state index in [0.29, 0.717) is 17.1 Å². The second kappa shape index (κ2) is 6.02. The van der Waals surface area contributed by atoms with Crippen molar-refractivity contribution in [2.75, 3.05) is 5.73 Å². The highest BCUT2D eigenvalue weighted by molar-refractivity contribution is 7.98. The Morgan fingerprint density at radius 1 is 1.35 bits per heavy atom. The maximum absolute atomic E-state index is 11.5. The lowest BCUT2D eigenvalue weighted by Gasteiger charge is -2.05. The number of furan rings is 1. The zero-order valence-electron chi connectivity index (χ0n) is 11.4. The van der Waals surface area contributed by atoms with Crippen LogP contribution < -0.4 is 17.0 Å². The Hall–Kier alpha value is -1.92. The van der Waals surface area contributed by atoms with Crippen molar-refractivity contribution in [3.8, 4) is 0 Å². The van der Waals surface area contributed by atoms with Gasteiger partial charge in [0, 0.05) is 10.6 Å². The Bertz CT molecular complexity index is 637. The van der Waals surface area contributed by atoms with E-state index in [0.717, 1.165) is 21.9 Å². The third-order valence-electron chi connectivity index (χ3n) is 2.93. The molecule has 0 aliphatic carbocycles. The van der Waals surface area contributed by atoms with E-state index < -0.39 is 0 Å². The molecule has 0 aliphatic heterocycles. The second-order valence-corrected chi connectivity index (χ2v) is 5.49. The van der Waals surface area contributed by atoms with Gasteiger partial charge in [-0.2, -0.15) is 0 Å². The van der Waals surface area contributed by atoms with Crippen LogP contribution in [0.25, 0.3) is 0 Å². The van der Waals surface area contributed by atoms with Crippen LogP contribution in [0.1, 0.15) is 27.4 Å². The van der Waals surface area contributed by atoms with Crippen molar-refractivity contribution in [3.63, 3.8) is 0 Å². The lowest BCUT2D eigenvalue weighted by molar-refractivity contribution is 0.0952. The molecule has 0 saturated carbocycles. The van der Waals surface area contributed by atoms with Gasteiger partial charge in [0.05, 0.1) is 11.3 Å². The molecule has 0 saturated heterocycles. The number of nitrogens with one attached hydrogen (secondary N) is 1. The molecule has 20 heavy (non-hydrogen) atoms. The van der Waals surface area contributed by atoms with Crippen molar-refractivity contribution in [3.05, 3.63) is 46.9 Å². The van der Waals surface area contributed by atoms with Crippen LogP contribution in [0.3, 0.4) is 0 Å². The van der Waals surface area contributed by atoms with Gasteiger partial charge in [-0.25, -0.2) is 5.84 Å². The molecule has 1 amide bonds. The van der Waals surface area contributed by atoms with E-state index in [2.05, 4.69) is 5.43 Å². The van der Waals surface area contributed by atoms with Gasteiger partial charge >= 0.3 is 0 Å². The summed E-state index contributed by atoms with van der Waals surface area (Å²) in [5.74, 6) is 6.70. The third-order valence-corrected chi connectivity index (χ3v) is 4.11. The van der Waals surface area contributed by atoms with Crippen LogP contribution in [-0.4, -0.2) is 5.91 Å². The van der Waals surface area contributed by atoms with E-state index in [9.17, 15) is 4.79 Å². The average molecular weight is 291 g/mol. The van der Waals surface area contributed by atoms with Crippen molar-refractivity contribution < 1.29 is 9.21 Å². The molecule has 0 bridgehead atoms. The Labute approximate surface area is 121 Å². The highest BCUT2D eigenvalue weighted by Gasteiger charge is 2.14. The molecule has 0 atom stereocenters. The smallest absolute Gasteiger partial charge is 0.268 e. The van der Waals surface area contributed by atoms with Gasteiger partial charge in [0.25, 0.3) is 5.91 Å². The number of benzene rings is 1. The zero-order chi connectivity index (χ0) is 14.7. The number of anilines is 1. The van der Waals surface area contributed by atoms with Gasteiger partial charge in [-0.05, 0) is 37.6 Å². The van der Waals surface area contributed by atoms with E-state index in [1.165, 1.54) is 0 Å². The number of nitrogens with two attached hydrogens (primary N) is 2. The first-order valence-electron chi connectivity index (χ1n) is 6.10. The van der Waals surface area contributed by atoms with Crippen LogP contribution in [0.5, 0.6) is 0 Å². The molecule has 1 heterocycles. The van der Waals surface area contributed by atoms with E-state index in [-0.39, 0.29) is 5.91 Å². The van der Waals surface area contributed by atoms with Crippen molar-refractivity contribution in [2.24, 2.45) is 5.84 Å². The highest BCUT2D eigenvalue weighted by Crippen LogP contribution is 2.29. The number of nitrogen functional groups attached to an aromatic ring is 2. The normalized spacial score (nSPS) is 10.6. The summed E-state index contributed by atoms with van der Waals surface area (Å²) in [7, 11) is 0. The maximum Gasteiger partial charge on any atom is 0.268 e. The Morgan fingerprint density at radius 2 is 2.10 bits per heavy atom. The molecule has 106 valence electrons. The van der Waals surface area contributed by atoms with Gasteiger partial charge in [-0.15, -0.1) is 11.8 Å². The molecular formula is C14H17N3O2S. The lowest BCUT2D eigenvalue weighted by atomic mass is 10.2. The number of hydrogen-bond donors (Lipinski definition) is 3. The number of thioether (sulfide) groups is 1. The van der Waals surface area contributed by atoms with Crippen LogP contribution in [0.15, 0.2) is 33.6 Å². The topological polar surface area (TPSA) is 94.3 Å². The summed E-state index contributed by atoms with van der Waals surface area (Å²) >= 11 is 1.62. The molecule has 0 radical (unpaired) electrons. The first-order chi connectivity index (χ1) is 9.51. The minimum absolute atomic E-state index is 0.345. The predicted molar refractivity (Wildman–Crippen MR) is 80.3 cm³/mol. The summed E-state index contributed by atoms with van der Waals surface area (Å²) in [5.41, 5.74) is 10.2. The highest BCUT2D eigenvalue weighted by atomic mass is 32.2. The number of carbonyl (C=O) groups excluding carboxylic acids is 1. The molecule has 1 aromatic carbocycles. The molecule has 2 rings (SSSR count). The molecule has 6 heteroatoms. The van der Waals surface area contributed by atoms with Gasteiger partial charge in [-0.1, -0.05) is 6.07 Å². The second-order valence-electron chi connectivity index (χ2n) is 4.47. The fourth-order valence-corrected chi connectivity index (χ4v) is 2.79. The molecule has 1 aromatic heterocycles. The number of hydrogen-bond acceptors (Lipinski definition) is 5. The monoisotopic (exact) mass is 291 g/mol. The van der Waals surface area contributed by atoms with E-state index in [1.54, 1.807) is 24.8 Å². The average Bonchev–Trinajstić information content (AvgIpc) is 2.80. The van der Waals surface area contributed by atoms with E-state index in [4.69, 9.17) is 16.0 Å². The van der Waals surface area contributed by atoms with Gasteiger partial charge in [0.1, 0.15) is 11.5 Å². The summed E-state index contributed by atoms with van der Waals surface area (Å²) in [6.45, 7) is 3.77. The molecule has 5 nitrogen and oxygen atoms in total. The number of amides is 1. The van der Waals surface area contributed by atoms with Crippen molar-refractivity contribution in [1.82, 2.24) is 5.43 Å². The van der Waals surface area contributed by atoms with Crippen molar-refractivity contribution in [1.29, 1.82) is 0 Å². The molecule has 0 unspecified atom stereocenters. The molecule has 2 aromatic rings. The van der Waals surface area contributed by atoms with Crippen LogP contribution >= 0.6 is 11.8 Å². The molecular weight excluding hydrogens is 274 g/mol. The first kappa shape index (κ1) is 14.5. The lowest BCUT2D eigenvalue weighted by Crippen LogP contribution is -2.30. The van der Waals surface area contributed by atoms with Crippen LogP contribution in [0.2, 0.25) is 0 Å². The van der Waals surface area contributed by atoms with Crippen LogP contribution in [0, 0.1) is 13.8 Å². The summed E-state index contributed by atoms with van der Waals surface area (Å²) < 4.78 is 5.56. The fourth-order valence-electron chi connectivity index (χ4n) is 1.84. The summed E-state index contributed by atoms with van der Waals surface area (Å²) in [6.07, 6.45) is 0. The molecule has 0 fully saturated rings. The van der Waals surface area contributed by atoms with Gasteiger partial charge < -0.3 is 10.2 Å². The molecule has 5 N–H and O–H groups in total. The Morgan fingerprint density at radius 3 is 2.80 bits per heavy atom. The zero-order valence-corrected chi connectivity index (χ0v) is 12.2. The number of carbonyl (C=O) groups is 1. The number of rotatable bonds is 4. The molecule has 0 aliphatic rings. The minimum atomic E-state index is -0.345. The first-order valence-corrected chi connectivity index (χ1v) is 7.09. The predicted octanol–water partition coefficient (Wildman–Crippen LogP) is 2.37. The van der Waals surface area contributed by atoms with Crippen molar-refractivity contribution >= 4 is 23.4 Å². The summed E-state index contributed by atoms with van der Waals surface area (Å²) in [6, 6.07) is 7.51. The van der Waals surface area contributed by atoms with Crippen LogP contribution in [0.4, 0.5) is 5.69 Å². The minimum Gasteiger partial charge on any atom is -0.465 e. The van der Waals surface area contributed by atoms with E-state index >= 15 is 0 Å². The van der Waals surface area contributed by atoms with Crippen LogP contribution in [-0.2, 0) is 5.75 Å². The Balaban J connectivity index is 2.11. The largest absolute Gasteiger partial charge is 0.465 e. The van der Waals surface area contributed by atoms with E-state index in [1.807, 2.05) is 25.1 Å². The van der Waals surface area contributed by atoms with Crippen molar-refractivity contribution in [2.45, 2.75) is 24.5 Å². The Kier molecular flexibility index (Phi) is 4.36. The summed E-state index contributed by atoms with van der Waals surface area (Å²) in [4.78, 5) is 12.6. The van der Waals surface area contributed by atoms with Gasteiger partial charge in [0.15, 0.2) is 0 Å².